The first kappa shape index (κ1) is 10.6. The quantitative estimate of drug-likeness (QED) is 0.748. The van der Waals surface area contributed by atoms with E-state index in [1.54, 1.807) is 0 Å². The highest BCUT2D eigenvalue weighted by molar-refractivity contribution is 4.98. The lowest BCUT2D eigenvalue weighted by molar-refractivity contribution is 0.353. The molecule has 1 fully saturated rings. The smallest absolute Gasteiger partial charge is 0.231 e. The van der Waals surface area contributed by atoms with Crippen LogP contribution in [0.4, 0.5) is 0 Å². The van der Waals surface area contributed by atoms with Gasteiger partial charge in [0.25, 0.3) is 0 Å². The molecule has 0 bridgehead atoms. The van der Waals surface area contributed by atoms with E-state index in [1.807, 2.05) is 7.05 Å². The summed E-state index contributed by atoms with van der Waals surface area (Å²) >= 11 is 0. The summed E-state index contributed by atoms with van der Waals surface area (Å²) in [5.74, 6) is 2.01. The van der Waals surface area contributed by atoms with Crippen LogP contribution in [0.3, 0.4) is 0 Å². The third kappa shape index (κ3) is 2.54. The Morgan fingerprint density at radius 3 is 3.20 bits per heavy atom. The zero-order valence-corrected chi connectivity index (χ0v) is 9.29. The van der Waals surface area contributed by atoms with E-state index in [0.717, 1.165) is 37.6 Å². The molecule has 2 unspecified atom stereocenters. The number of hydrogen-bond acceptors (Lipinski definition) is 5. The van der Waals surface area contributed by atoms with Crippen LogP contribution in [-0.2, 0) is 6.42 Å². The highest BCUT2D eigenvalue weighted by Crippen LogP contribution is 2.20. The standard InChI is InChI=1S/C10H18N4O/c1-7(11-2)5-9-13-10(15-14-9)8-3-4-12-6-8/h7-8,11-12H,3-6H2,1-2H3. The molecule has 84 valence electrons. The molecule has 5 nitrogen and oxygen atoms in total. The summed E-state index contributed by atoms with van der Waals surface area (Å²) in [7, 11) is 1.94. The molecule has 0 saturated carbocycles. The molecule has 1 aliphatic rings. The van der Waals surface area contributed by atoms with Crippen LogP contribution in [0, 0.1) is 0 Å². The van der Waals surface area contributed by atoms with Crippen molar-refractivity contribution in [3.8, 4) is 0 Å². The molecular formula is C10H18N4O. The van der Waals surface area contributed by atoms with Gasteiger partial charge in [-0.2, -0.15) is 4.98 Å². The van der Waals surface area contributed by atoms with Crippen molar-refractivity contribution in [2.24, 2.45) is 0 Å². The number of nitrogens with zero attached hydrogens (tertiary/aromatic N) is 2. The highest BCUT2D eigenvalue weighted by Gasteiger charge is 2.22. The third-order valence-corrected chi connectivity index (χ3v) is 2.87. The fourth-order valence-electron chi connectivity index (χ4n) is 1.76. The van der Waals surface area contributed by atoms with Crippen LogP contribution in [0.1, 0.15) is 31.0 Å². The molecule has 2 N–H and O–H groups in total. The van der Waals surface area contributed by atoms with Crippen LogP contribution in [-0.4, -0.2) is 36.3 Å². The minimum absolute atomic E-state index is 0.386. The molecule has 2 atom stereocenters. The zero-order valence-electron chi connectivity index (χ0n) is 9.29. The van der Waals surface area contributed by atoms with Crippen molar-refractivity contribution in [2.45, 2.75) is 31.7 Å². The summed E-state index contributed by atoms with van der Waals surface area (Å²) < 4.78 is 5.27. The van der Waals surface area contributed by atoms with Crippen molar-refractivity contribution in [3.63, 3.8) is 0 Å². The Kier molecular flexibility index (Phi) is 3.33. The Balaban J connectivity index is 1.97. The van der Waals surface area contributed by atoms with Gasteiger partial charge in [0, 0.05) is 19.0 Å². The van der Waals surface area contributed by atoms with Crippen LogP contribution < -0.4 is 10.6 Å². The summed E-state index contributed by atoms with van der Waals surface area (Å²) in [6, 6.07) is 0.386. The second-order valence-electron chi connectivity index (χ2n) is 4.13. The monoisotopic (exact) mass is 210 g/mol. The Bertz CT molecular complexity index is 306. The molecular weight excluding hydrogens is 192 g/mol. The van der Waals surface area contributed by atoms with Crippen molar-refractivity contribution in [3.05, 3.63) is 11.7 Å². The zero-order chi connectivity index (χ0) is 10.7. The van der Waals surface area contributed by atoms with E-state index in [9.17, 15) is 0 Å². The molecule has 1 aliphatic heterocycles. The predicted octanol–water partition coefficient (Wildman–Crippen LogP) is 0.297. The van der Waals surface area contributed by atoms with Crippen molar-refractivity contribution in [2.75, 3.05) is 20.1 Å². The topological polar surface area (TPSA) is 63.0 Å². The largest absolute Gasteiger partial charge is 0.339 e. The summed E-state index contributed by atoms with van der Waals surface area (Å²) in [5, 5.41) is 10.4. The van der Waals surface area contributed by atoms with Gasteiger partial charge in [-0.15, -0.1) is 0 Å². The first-order valence-electron chi connectivity index (χ1n) is 5.50. The molecule has 1 aromatic rings. The van der Waals surface area contributed by atoms with Crippen molar-refractivity contribution >= 4 is 0 Å². The molecule has 0 aliphatic carbocycles. The van der Waals surface area contributed by atoms with E-state index in [1.165, 1.54) is 0 Å². The Morgan fingerprint density at radius 1 is 1.67 bits per heavy atom. The molecule has 5 heteroatoms. The molecule has 2 rings (SSSR count). The lowest BCUT2D eigenvalue weighted by Crippen LogP contribution is -2.24. The normalized spacial score (nSPS) is 23.2. The highest BCUT2D eigenvalue weighted by atomic mass is 16.5. The van der Waals surface area contributed by atoms with Gasteiger partial charge in [-0.1, -0.05) is 5.16 Å². The molecule has 1 aromatic heterocycles. The molecule has 0 amide bonds. The van der Waals surface area contributed by atoms with Gasteiger partial charge in [0.2, 0.25) is 5.89 Å². The summed E-state index contributed by atoms with van der Waals surface area (Å²) in [6.45, 7) is 4.12. The molecule has 0 spiro atoms. The average Bonchev–Trinajstić information content (AvgIpc) is 2.85. The first-order chi connectivity index (χ1) is 7.29. The maximum atomic E-state index is 5.27. The van der Waals surface area contributed by atoms with Crippen LogP contribution in [0.15, 0.2) is 4.52 Å². The van der Waals surface area contributed by atoms with Crippen molar-refractivity contribution in [1.29, 1.82) is 0 Å². The van der Waals surface area contributed by atoms with Crippen molar-refractivity contribution < 1.29 is 4.52 Å². The predicted molar refractivity (Wildman–Crippen MR) is 56.8 cm³/mol. The first-order valence-corrected chi connectivity index (χ1v) is 5.50. The molecule has 2 heterocycles. The van der Waals surface area contributed by atoms with E-state index in [4.69, 9.17) is 4.52 Å². The van der Waals surface area contributed by atoms with E-state index < -0.39 is 0 Å². The number of nitrogens with one attached hydrogen (secondary N) is 2. The fraction of sp³-hybridized carbons (Fsp3) is 0.800. The minimum Gasteiger partial charge on any atom is -0.339 e. The Morgan fingerprint density at radius 2 is 2.53 bits per heavy atom. The maximum Gasteiger partial charge on any atom is 0.231 e. The fourth-order valence-corrected chi connectivity index (χ4v) is 1.76. The van der Waals surface area contributed by atoms with E-state index in [2.05, 4.69) is 27.7 Å². The summed E-state index contributed by atoms with van der Waals surface area (Å²) in [5.41, 5.74) is 0. The van der Waals surface area contributed by atoms with Gasteiger partial charge in [-0.05, 0) is 26.9 Å². The van der Waals surface area contributed by atoms with Gasteiger partial charge in [0.05, 0.1) is 5.92 Å². The number of aromatic nitrogens is 2. The number of likely N-dealkylation sites (N-methyl/N-ethyl adjacent to an activating group) is 1. The van der Waals surface area contributed by atoms with E-state index >= 15 is 0 Å². The maximum absolute atomic E-state index is 5.27. The number of rotatable bonds is 4. The van der Waals surface area contributed by atoms with E-state index in [0.29, 0.717) is 12.0 Å². The van der Waals surface area contributed by atoms with Crippen LogP contribution in [0.2, 0.25) is 0 Å². The van der Waals surface area contributed by atoms with Crippen LogP contribution >= 0.6 is 0 Å². The summed E-state index contributed by atoms with van der Waals surface area (Å²) in [6.07, 6.45) is 1.92. The van der Waals surface area contributed by atoms with Gasteiger partial charge in [-0.3, -0.25) is 0 Å². The summed E-state index contributed by atoms with van der Waals surface area (Å²) in [4.78, 5) is 4.42. The third-order valence-electron chi connectivity index (χ3n) is 2.87. The minimum atomic E-state index is 0.386. The SMILES string of the molecule is CNC(C)Cc1noc(C2CCNC2)n1. The molecule has 0 aromatic carbocycles. The molecule has 0 radical (unpaired) electrons. The Hall–Kier alpha value is -0.940. The van der Waals surface area contributed by atoms with Gasteiger partial charge in [0.15, 0.2) is 5.82 Å². The van der Waals surface area contributed by atoms with Gasteiger partial charge in [0.1, 0.15) is 0 Å². The second-order valence-corrected chi connectivity index (χ2v) is 4.13. The van der Waals surface area contributed by atoms with E-state index in [-0.39, 0.29) is 0 Å². The Labute approximate surface area is 89.6 Å². The molecule has 15 heavy (non-hydrogen) atoms. The van der Waals surface area contributed by atoms with Crippen molar-refractivity contribution in [1.82, 2.24) is 20.8 Å². The number of hydrogen-bond donors (Lipinski definition) is 2. The van der Waals surface area contributed by atoms with Crippen LogP contribution in [0.25, 0.3) is 0 Å². The van der Waals surface area contributed by atoms with Gasteiger partial charge >= 0.3 is 0 Å². The van der Waals surface area contributed by atoms with Gasteiger partial charge < -0.3 is 15.2 Å². The van der Waals surface area contributed by atoms with Gasteiger partial charge in [-0.25, -0.2) is 0 Å². The lowest BCUT2D eigenvalue weighted by atomic mass is 10.1. The molecule has 1 saturated heterocycles. The second kappa shape index (κ2) is 4.72. The van der Waals surface area contributed by atoms with Crippen LogP contribution in [0.5, 0.6) is 0 Å². The lowest BCUT2D eigenvalue weighted by Gasteiger charge is -2.04. The average molecular weight is 210 g/mol.